The summed E-state index contributed by atoms with van der Waals surface area (Å²) in [6.07, 6.45) is -0.536. The number of ether oxygens (including phenoxy) is 2. The molecule has 0 saturated carbocycles. The van der Waals surface area contributed by atoms with Gasteiger partial charge in [0.05, 0.1) is 13.2 Å². The van der Waals surface area contributed by atoms with E-state index in [2.05, 4.69) is 12.2 Å². The van der Waals surface area contributed by atoms with Gasteiger partial charge in [0.2, 0.25) is 0 Å². The van der Waals surface area contributed by atoms with Crippen molar-refractivity contribution in [3.63, 3.8) is 0 Å². The molecule has 4 nitrogen and oxygen atoms in total. The maximum Gasteiger partial charge on any atom is 0.260 e. The molecule has 0 bridgehead atoms. The van der Waals surface area contributed by atoms with Gasteiger partial charge in [-0.15, -0.1) is 0 Å². The Bertz CT molecular complexity index is 443. The SMILES string of the molecule is CC(Oc1ccc(Cl)cc1)C(=O)NCC1(C)COC1. The third-order valence-corrected chi connectivity index (χ3v) is 3.34. The van der Waals surface area contributed by atoms with E-state index in [0.29, 0.717) is 30.5 Å². The summed E-state index contributed by atoms with van der Waals surface area (Å²) in [5.41, 5.74) is 0.0651. The average Bonchev–Trinajstić information content (AvgIpc) is 2.36. The third-order valence-electron chi connectivity index (χ3n) is 3.09. The molecule has 104 valence electrons. The zero-order chi connectivity index (χ0) is 13.9. The number of hydrogen-bond donors (Lipinski definition) is 1. The molecule has 1 aromatic carbocycles. The van der Waals surface area contributed by atoms with Crippen molar-refractivity contribution in [2.24, 2.45) is 5.41 Å². The van der Waals surface area contributed by atoms with Gasteiger partial charge >= 0.3 is 0 Å². The average molecular weight is 284 g/mol. The standard InChI is InChI=1S/C14H18ClNO3/c1-10(19-12-5-3-11(15)4-6-12)13(17)16-7-14(2)8-18-9-14/h3-6,10H,7-9H2,1-2H3,(H,16,17). The molecule has 1 amide bonds. The van der Waals surface area contributed by atoms with Gasteiger partial charge in [-0.3, -0.25) is 4.79 Å². The minimum Gasteiger partial charge on any atom is -0.481 e. The van der Waals surface area contributed by atoms with E-state index in [-0.39, 0.29) is 11.3 Å². The molecule has 0 spiro atoms. The summed E-state index contributed by atoms with van der Waals surface area (Å²) in [6, 6.07) is 6.95. The fourth-order valence-corrected chi connectivity index (χ4v) is 1.89. The lowest BCUT2D eigenvalue weighted by Gasteiger charge is -2.38. The molecular formula is C14H18ClNO3. The van der Waals surface area contributed by atoms with Crippen LogP contribution in [-0.4, -0.2) is 31.8 Å². The molecule has 5 heteroatoms. The molecule has 1 fully saturated rings. The number of carbonyl (C=O) groups excluding carboxylic acids is 1. The second-order valence-electron chi connectivity index (χ2n) is 5.24. The lowest BCUT2D eigenvalue weighted by Crippen LogP contribution is -2.50. The van der Waals surface area contributed by atoms with Crippen LogP contribution >= 0.6 is 11.6 Å². The number of benzene rings is 1. The highest BCUT2D eigenvalue weighted by Gasteiger charge is 2.34. The number of hydrogen-bond acceptors (Lipinski definition) is 3. The molecule has 1 saturated heterocycles. The minimum absolute atomic E-state index is 0.0651. The first kappa shape index (κ1) is 14.2. The van der Waals surface area contributed by atoms with Crippen LogP contribution in [0.15, 0.2) is 24.3 Å². The van der Waals surface area contributed by atoms with Gasteiger partial charge < -0.3 is 14.8 Å². The molecule has 0 aromatic heterocycles. The summed E-state index contributed by atoms with van der Waals surface area (Å²) < 4.78 is 10.7. The van der Waals surface area contributed by atoms with Gasteiger partial charge in [0, 0.05) is 17.0 Å². The highest BCUT2D eigenvalue weighted by molar-refractivity contribution is 6.30. The number of carbonyl (C=O) groups is 1. The summed E-state index contributed by atoms with van der Waals surface area (Å²) in [4.78, 5) is 11.9. The molecule has 0 aliphatic carbocycles. The first-order valence-electron chi connectivity index (χ1n) is 6.26. The predicted molar refractivity (Wildman–Crippen MR) is 73.5 cm³/mol. The van der Waals surface area contributed by atoms with Crippen LogP contribution in [0.1, 0.15) is 13.8 Å². The second kappa shape index (κ2) is 5.80. The van der Waals surface area contributed by atoms with Crippen LogP contribution in [0.2, 0.25) is 5.02 Å². The molecule has 1 aliphatic rings. The van der Waals surface area contributed by atoms with Crippen LogP contribution in [0.25, 0.3) is 0 Å². The minimum atomic E-state index is -0.536. The van der Waals surface area contributed by atoms with E-state index in [1.165, 1.54) is 0 Å². The Morgan fingerprint density at radius 1 is 1.47 bits per heavy atom. The Labute approximate surface area is 118 Å². The largest absolute Gasteiger partial charge is 0.481 e. The van der Waals surface area contributed by atoms with Crippen LogP contribution in [-0.2, 0) is 9.53 Å². The maximum atomic E-state index is 11.9. The summed E-state index contributed by atoms with van der Waals surface area (Å²) in [7, 11) is 0. The normalized spacial score (nSPS) is 18.3. The molecule has 1 heterocycles. The fraction of sp³-hybridized carbons (Fsp3) is 0.500. The van der Waals surface area contributed by atoms with Crippen LogP contribution in [0.4, 0.5) is 0 Å². The van der Waals surface area contributed by atoms with E-state index in [1.54, 1.807) is 31.2 Å². The predicted octanol–water partition coefficient (Wildman–Crippen LogP) is 2.26. The number of amides is 1. The first-order chi connectivity index (χ1) is 8.98. The molecule has 1 N–H and O–H groups in total. The van der Waals surface area contributed by atoms with Gasteiger partial charge in [-0.1, -0.05) is 18.5 Å². The summed E-state index contributed by atoms with van der Waals surface area (Å²) in [6.45, 7) is 5.81. The molecule has 19 heavy (non-hydrogen) atoms. The molecule has 2 rings (SSSR count). The van der Waals surface area contributed by atoms with Crippen LogP contribution in [0.5, 0.6) is 5.75 Å². The topological polar surface area (TPSA) is 47.6 Å². The summed E-state index contributed by atoms with van der Waals surface area (Å²) in [5, 5.41) is 3.53. The van der Waals surface area contributed by atoms with E-state index in [9.17, 15) is 4.79 Å². The number of rotatable bonds is 5. The number of nitrogens with one attached hydrogen (secondary N) is 1. The van der Waals surface area contributed by atoms with Crippen LogP contribution in [0, 0.1) is 5.41 Å². The van der Waals surface area contributed by atoms with Crippen molar-refractivity contribution in [1.29, 1.82) is 0 Å². The van der Waals surface area contributed by atoms with Crippen LogP contribution < -0.4 is 10.1 Å². The van der Waals surface area contributed by atoms with E-state index < -0.39 is 6.10 Å². The lowest BCUT2D eigenvalue weighted by molar-refractivity contribution is -0.132. The zero-order valence-electron chi connectivity index (χ0n) is 11.1. The Kier molecular flexibility index (Phi) is 4.32. The fourth-order valence-electron chi connectivity index (χ4n) is 1.77. The lowest BCUT2D eigenvalue weighted by atomic mass is 9.89. The van der Waals surface area contributed by atoms with Crippen LogP contribution in [0.3, 0.4) is 0 Å². The third kappa shape index (κ3) is 3.85. The van der Waals surface area contributed by atoms with Crippen molar-refractivity contribution in [2.75, 3.05) is 19.8 Å². The van der Waals surface area contributed by atoms with Gasteiger partial charge in [-0.05, 0) is 31.2 Å². The van der Waals surface area contributed by atoms with E-state index in [1.807, 2.05) is 0 Å². The molecule has 0 radical (unpaired) electrons. The van der Waals surface area contributed by atoms with Gasteiger partial charge in [0.25, 0.3) is 5.91 Å². The van der Waals surface area contributed by atoms with E-state index in [0.717, 1.165) is 0 Å². The second-order valence-corrected chi connectivity index (χ2v) is 5.67. The Morgan fingerprint density at radius 3 is 2.63 bits per heavy atom. The Balaban J connectivity index is 1.80. The first-order valence-corrected chi connectivity index (χ1v) is 6.64. The molecule has 1 aliphatic heterocycles. The van der Waals surface area contributed by atoms with E-state index >= 15 is 0 Å². The Morgan fingerprint density at radius 2 is 2.11 bits per heavy atom. The van der Waals surface area contributed by atoms with Crippen molar-refractivity contribution in [3.8, 4) is 5.75 Å². The molecule has 1 aromatic rings. The van der Waals surface area contributed by atoms with Crippen molar-refractivity contribution in [3.05, 3.63) is 29.3 Å². The Hall–Kier alpha value is -1.26. The summed E-state index contributed by atoms with van der Waals surface area (Å²) >= 11 is 5.79. The summed E-state index contributed by atoms with van der Waals surface area (Å²) in [5.74, 6) is 0.508. The highest BCUT2D eigenvalue weighted by Crippen LogP contribution is 2.25. The maximum absolute atomic E-state index is 11.9. The van der Waals surface area contributed by atoms with Gasteiger partial charge in [-0.25, -0.2) is 0 Å². The van der Waals surface area contributed by atoms with Gasteiger partial charge in [0.1, 0.15) is 5.75 Å². The number of halogens is 1. The monoisotopic (exact) mass is 283 g/mol. The molecular weight excluding hydrogens is 266 g/mol. The molecule has 1 atom stereocenters. The van der Waals surface area contributed by atoms with Crippen molar-refractivity contribution < 1.29 is 14.3 Å². The smallest absolute Gasteiger partial charge is 0.260 e. The quantitative estimate of drug-likeness (QED) is 0.902. The zero-order valence-corrected chi connectivity index (χ0v) is 11.9. The highest BCUT2D eigenvalue weighted by atomic mass is 35.5. The van der Waals surface area contributed by atoms with Gasteiger partial charge in [-0.2, -0.15) is 0 Å². The van der Waals surface area contributed by atoms with Crippen molar-refractivity contribution in [2.45, 2.75) is 20.0 Å². The van der Waals surface area contributed by atoms with E-state index in [4.69, 9.17) is 21.1 Å². The van der Waals surface area contributed by atoms with Gasteiger partial charge in [0.15, 0.2) is 6.10 Å². The van der Waals surface area contributed by atoms with Crippen molar-refractivity contribution >= 4 is 17.5 Å². The molecule has 1 unspecified atom stereocenters. The van der Waals surface area contributed by atoms with Crippen molar-refractivity contribution in [1.82, 2.24) is 5.32 Å².